The van der Waals surface area contributed by atoms with Crippen molar-refractivity contribution < 1.29 is 14.3 Å². The second-order valence-corrected chi connectivity index (χ2v) is 12.5. The second-order valence-electron chi connectivity index (χ2n) is 12.5. The fourth-order valence-electron chi connectivity index (χ4n) is 8.34. The van der Waals surface area contributed by atoms with Crippen molar-refractivity contribution in [2.45, 2.75) is 77.9 Å². The van der Waals surface area contributed by atoms with Crippen LogP contribution in [0.3, 0.4) is 0 Å². The van der Waals surface area contributed by atoms with E-state index in [1.807, 2.05) is 6.33 Å². The normalized spacial score (nSPS) is 36.4. The third-order valence-corrected chi connectivity index (χ3v) is 10.6. The number of aromatic nitrogens is 2. The van der Waals surface area contributed by atoms with Crippen molar-refractivity contribution in [3.05, 3.63) is 48.3 Å². The standard InChI is InChI=1S/C31H39N3O3/c1-19(17-35)28(32)29(36)37-21-12-14-30(2)20(16-21)8-9-22-23-10-11-27(31(23,3)15-13-24(22)30)34-18-33-25-6-4-5-7-26(25)34/h4-8,11,17-19,21-24,28H,9-10,12-16,32H2,1-3H3. The molecule has 0 saturated heterocycles. The number of rotatable bonds is 5. The third kappa shape index (κ3) is 3.74. The van der Waals surface area contributed by atoms with E-state index in [4.69, 9.17) is 10.5 Å². The Bertz CT molecular complexity index is 1290. The first kappa shape index (κ1) is 24.6. The number of esters is 1. The monoisotopic (exact) mass is 501 g/mol. The van der Waals surface area contributed by atoms with Crippen molar-refractivity contribution >= 4 is 29.0 Å². The van der Waals surface area contributed by atoms with Gasteiger partial charge in [-0.25, -0.2) is 4.98 Å². The molecular weight excluding hydrogens is 462 g/mol. The number of para-hydroxylation sites is 2. The number of ether oxygens (including phenoxy) is 1. The highest BCUT2D eigenvalue weighted by atomic mass is 16.5. The minimum Gasteiger partial charge on any atom is -0.461 e. The molecule has 1 aromatic heterocycles. The van der Waals surface area contributed by atoms with E-state index in [0.29, 0.717) is 17.8 Å². The molecule has 0 bridgehead atoms. The lowest BCUT2D eigenvalue weighted by Gasteiger charge is -2.57. The Morgan fingerprint density at radius 1 is 1.14 bits per heavy atom. The fourth-order valence-corrected chi connectivity index (χ4v) is 8.34. The van der Waals surface area contributed by atoms with Crippen LogP contribution < -0.4 is 5.73 Å². The van der Waals surface area contributed by atoms with Gasteiger partial charge in [0.15, 0.2) is 0 Å². The molecule has 8 unspecified atom stereocenters. The van der Waals surface area contributed by atoms with E-state index in [2.05, 4.69) is 59.8 Å². The molecule has 2 fully saturated rings. The summed E-state index contributed by atoms with van der Waals surface area (Å²) in [7, 11) is 0. The molecule has 6 rings (SSSR count). The predicted molar refractivity (Wildman–Crippen MR) is 144 cm³/mol. The average molecular weight is 502 g/mol. The van der Waals surface area contributed by atoms with Gasteiger partial charge >= 0.3 is 5.97 Å². The quantitative estimate of drug-likeness (QED) is 0.331. The summed E-state index contributed by atoms with van der Waals surface area (Å²) in [6.07, 6.45) is 14.9. The van der Waals surface area contributed by atoms with Crippen LogP contribution in [-0.4, -0.2) is 34.0 Å². The molecule has 1 heterocycles. The number of fused-ring (bicyclic) bond motifs is 6. The molecule has 4 aliphatic rings. The van der Waals surface area contributed by atoms with Gasteiger partial charge in [-0.05, 0) is 73.8 Å². The van der Waals surface area contributed by atoms with E-state index in [1.165, 1.54) is 29.6 Å². The Kier molecular flexibility index (Phi) is 5.94. The third-order valence-electron chi connectivity index (χ3n) is 10.6. The number of nitrogens with zero attached hydrogens (tertiary/aromatic N) is 2. The van der Waals surface area contributed by atoms with Crippen LogP contribution in [0.2, 0.25) is 0 Å². The van der Waals surface area contributed by atoms with E-state index < -0.39 is 17.9 Å². The second kappa shape index (κ2) is 8.93. The molecule has 2 saturated carbocycles. The van der Waals surface area contributed by atoms with Crippen LogP contribution in [0.25, 0.3) is 16.7 Å². The van der Waals surface area contributed by atoms with Gasteiger partial charge in [0.1, 0.15) is 24.8 Å². The maximum atomic E-state index is 12.5. The lowest BCUT2D eigenvalue weighted by atomic mass is 9.47. The maximum Gasteiger partial charge on any atom is 0.323 e. The van der Waals surface area contributed by atoms with Crippen LogP contribution in [0.5, 0.6) is 0 Å². The van der Waals surface area contributed by atoms with Crippen molar-refractivity contribution in [3.8, 4) is 0 Å². The molecular formula is C31H39N3O3. The van der Waals surface area contributed by atoms with Crippen LogP contribution in [-0.2, 0) is 14.3 Å². The van der Waals surface area contributed by atoms with Crippen LogP contribution in [0.4, 0.5) is 0 Å². The van der Waals surface area contributed by atoms with Gasteiger partial charge in [-0.3, -0.25) is 4.79 Å². The smallest absolute Gasteiger partial charge is 0.323 e. The fraction of sp³-hybridized carbons (Fsp3) is 0.581. The number of hydrogen-bond acceptors (Lipinski definition) is 5. The number of carbonyl (C=O) groups excluding carboxylic acids is 2. The topological polar surface area (TPSA) is 87.2 Å². The molecule has 6 heteroatoms. The summed E-state index contributed by atoms with van der Waals surface area (Å²) in [5.74, 6) is 0.976. The largest absolute Gasteiger partial charge is 0.461 e. The molecule has 2 aromatic rings. The minimum atomic E-state index is -0.886. The summed E-state index contributed by atoms with van der Waals surface area (Å²) in [5.41, 5.74) is 11.4. The molecule has 0 spiro atoms. The molecule has 37 heavy (non-hydrogen) atoms. The lowest BCUT2D eigenvalue weighted by Crippen LogP contribution is -2.50. The van der Waals surface area contributed by atoms with Crippen LogP contribution in [0.1, 0.15) is 65.7 Å². The number of benzene rings is 1. The van der Waals surface area contributed by atoms with Gasteiger partial charge < -0.3 is 19.8 Å². The lowest BCUT2D eigenvalue weighted by molar-refractivity contribution is -0.154. The number of nitrogens with two attached hydrogens (primary N) is 1. The van der Waals surface area contributed by atoms with Gasteiger partial charge in [-0.1, -0.05) is 50.6 Å². The Labute approximate surface area is 219 Å². The molecule has 0 radical (unpaired) electrons. The minimum absolute atomic E-state index is 0.142. The van der Waals surface area contributed by atoms with E-state index in [0.717, 1.165) is 43.9 Å². The van der Waals surface area contributed by atoms with Crippen molar-refractivity contribution in [2.24, 2.45) is 40.2 Å². The molecule has 4 aliphatic carbocycles. The first-order valence-corrected chi connectivity index (χ1v) is 14.0. The van der Waals surface area contributed by atoms with Gasteiger partial charge in [0.2, 0.25) is 0 Å². The van der Waals surface area contributed by atoms with Crippen molar-refractivity contribution in [2.75, 3.05) is 0 Å². The van der Waals surface area contributed by atoms with Crippen LogP contribution in [0, 0.1) is 34.5 Å². The zero-order valence-electron chi connectivity index (χ0n) is 22.2. The molecule has 1 aromatic carbocycles. The zero-order chi connectivity index (χ0) is 25.9. The molecule has 0 aliphatic heterocycles. The summed E-state index contributed by atoms with van der Waals surface area (Å²) < 4.78 is 8.15. The highest BCUT2D eigenvalue weighted by Gasteiger charge is 2.57. The van der Waals surface area contributed by atoms with E-state index in [1.54, 1.807) is 6.92 Å². The Morgan fingerprint density at radius 2 is 1.92 bits per heavy atom. The van der Waals surface area contributed by atoms with Gasteiger partial charge in [0.05, 0.1) is 11.0 Å². The molecule has 196 valence electrons. The van der Waals surface area contributed by atoms with Gasteiger partial charge in [-0.2, -0.15) is 0 Å². The van der Waals surface area contributed by atoms with Crippen LogP contribution in [0.15, 0.2) is 48.3 Å². The Morgan fingerprint density at radius 3 is 2.73 bits per heavy atom. The summed E-state index contributed by atoms with van der Waals surface area (Å²) in [5, 5.41) is 0. The highest BCUT2D eigenvalue weighted by molar-refractivity contribution is 5.81. The number of allylic oxidation sites excluding steroid dienone is 3. The Hall–Kier alpha value is -2.73. The number of hydrogen-bond donors (Lipinski definition) is 1. The summed E-state index contributed by atoms with van der Waals surface area (Å²) >= 11 is 0. The Balaban J connectivity index is 1.21. The van der Waals surface area contributed by atoms with Crippen LogP contribution >= 0.6 is 0 Å². The molecule has 0 amide bonds. The summed E-state index contributed by atoms with van der Waals surface area (Å²) in [4.78, 5) is 28.2. The number of aldehydes is 1. The first-order chi connectivity index (χ1) is 17.8. The van der Waals surface area contributed by atoms with Gasteiger partial charge in [0.25, 0.3) is 0 Å². The van der Waals surface area contributed by atoms with Crippen molar-refractivity contribution in [1.82, 2.24) is 9.55 Å². The highest BCUT2D eigenvalue weighted by Crippen LogP contribution is 2.65. The predicted octanol–water partition coefficient (Wildman–Crippen LogP) is 5.52. The zero-order valence-corrected chi connectivity index (χ0v) is 22.2. The molecule has 6 nitrogen and oxygen atoms in total. The SMILES string of the molecule is CC(C=O)C(N)C(=O)OC1CCC2(C)C(=CCC3C2CCC2(C)C(n4cnc5ccccc54)=CCC32)C1. The van der Waals surface area contributed by atoms with Crippen molar-refractivity contribution in [3.63, 3.8) is 0 Å². The maximum absolute atomic E-state index is 12.5. The summed E-state index contributed by atoms with van der Waals surface area (Å²) in [6.45, 7) is 6.61. The van der Waals surface area contributed by atoms with Crippen molar-refractivity contribution in [1.29, 1.82) is 0 Å². The van der Waals surface area contributed by atoms with E-state index in [-0.39, 0.29) is 16.9 Å². The molecule has 2 N–H and O–H groups in total. The van der Waals surface area contributed by atoms with E-state index >= 15 is 0 Å². The molecule has 8 atom stereocenters. The first-order valence-electron chi connectivity index (χ1n) is 14.0. The van der Waals surface area contributed by atoms with Gasteiger partial charge in [0, 0.05) is 23.5 Å². The number of imidazole rings is 1. The average Bonchev–Trinajstić information content (AvgIpc) is 3.48. The summed E-state index contributed by atoms with van der Waals surface area (Å²) in [6, 6.07) is 7.55. The van der Waals surface area contributed by atoms with Gasteiger partial charge in [-0.15, -0.1) is 0 Å². The number of carbonyl (C=O) groups is 2. The van der Waals surface area contributed by atoms with E-state index in [9.17, 15) is 9.59 Å².